The Morgan fingerprint density at radius 2 is 1.83 bits per heavy atom. The van der Waals surface area contributed by atoms with E-state index < -0.39 is 11.2 Å². The van der Waals surface area contributed by atoms with E-state index in [1.54, 1.807) is 0 Å². The fourth-order valence-electron chi connectivity index (χ4n) is 1.42. The molecule has 4 N–H and O–H groups in total. The third-order valence-corrected chi connectivity index (χ3v) is 2.37. The van der Waals surface area contributed by atoms with Crippen molar-refractivity contribution in [3.63, 3.8) is 0 Å². The lowest BCUT2D eigenvalue weighted by Crippen LogP contribution is -2.23. The fourth-order valence-corrected chi connectivity index (χ4v) is 1.42. The highest BCUT2D eigenvalue weighted by Crippen LogP contribution is 2.10. The van der Waals surface area contributed by atoms with Gasteiger partial charge in [0.15, 0.2) is 5.69 Å². The van der Waals surface area contributed by atoms with Crippen molar-refractivity contribution in [1.29, 1.82) is 0 Å². The molecule has 0 saturated carbocycles. The molecule has 0 aliphatic rings. The van der Waals surface area contributed by atoms with Crippen LogP contribution in [0.25, 0.3) is 0 Å². The summed E-state index contributed by atoms with van der Waals surface area (Å²) in [7, 11) is 0. The summed E-state index contributed by atoms with van der Waals surface area (Å²) in [6.45, 7) is 1.98. The number of anilines is 1. The van der Waals surface area contributed by atoms with Crippen LogP contribution in [0.4, 0.5) is 11.5 Å². The van der Waals surface area contributed by atoms with Crippen LogP contribution in [0.1, 0.15) is 11.1 Å². The average Bonchev–Trinajstić information content (AvgIpc) is 2.30. The molecule has 0 radical (unpaired) electrons. The van der Waals surface area contributed by atoms with Gasteiger partial charge in [-0.15, -0.1) is 0 Å². The van der Waals surface area contributed by atoms with Crippen molar-refractivity contribution in [3.05, 3.63) is 56.2 Å². The quantitative estimate of drug-likeness (QED) is 0.677. The normalized spacial score (nSPS) is 10.9. The second-order valence-corrected chi connectivity index (χ2v) is 3.84. The van der Waals surface area contributed by atoms with Crippen molar-refractivity contribution in [2.45, 2.75) is 6.92 Å². The van der Waals surface area contributed by atoms with Crippen molar-refractivity contribution in [2.75, 3.05) is 5.73 Å². The van der Waals surface area contributed by atoms with Gasteiger partial charge in [-0.1, -0.05) is 29.8 Å². The average molecular weight is 244 g/mol. The number of aromatic amines is 2. The number of hydrogen-bond acceptors (Lipinski definition) is 4. The summed E-state index contributed by atoms with van der Waals surface area (Å²) in [5.41, 5.74) is 6.23. The fraction of sp³-hybridized carbons (Fsp3) is 0.0833. The predicted octanol–water partition coefficient (Wildman–Crippen LogP) is 0.704. The molecule has 6 heteroatoms. The van der Waals surface area contributed by atoms with E-state index in [1.807, 2.05) is 31.2 Å². The van der Waals surface area contributed by atoms with Crippen molar-refractivity contribution in [3.8, 4) is 0 Å². The summed E-state index contributed by atoms with van der Waals surface area (Å²) in [6.07, 6.45) is 1.51. The number of nitrogens with zero attached hydrogens (tertiary/aromatic N) is 1. The van der Waals surface area contributed by atoms with E-state index in [0.29, 0.717) is 0 Å². The van der Waals surface area contributed by atoms with E-state index in [-0.39, 0.29) is 11.5 Å². The van der Waals surface area contributed by atoms with E-state index in [9.17, 15) is 9.59 Å². The third kappa shape index (κ3) is 2.54. The highest BCUT2D eigenvalue weighted by atomic mass is 16.2. The molecule has 0 atom stereocenters. The molecule has 92 valence electrons. The van der Waals surface area contributed by atoms with Crippen LogP contribution in [-0.4, -0.2) is 16.2 Å². The molecule has 2 rings (SSSR count). The minimum atomic E-state index is -0.646. The Morgan fingerprint density at radius 3 is 2.44 bits per heavy atom. The molecule has 0 unspecified atom stereocenters. The summed E-state index contributed by atoms with van der Waals surface area (Å²) in [5, 5.41) is 0. The Balaban J connectivity index is 2.38. The van der Waals surface area contributed by atoms with Gasteiger partial charge in [-0.25, -0.2) is 9.79 Å². The van der Waals surface area contributed by atoms with E-state index in [0.717, 1.165) is 11.1 Å². The Morgan fingerprint density at radius 1 is 1.17 bits per heavy atom. The lowest BCUT2D eigenvalue weighted by atomic mass is 10.2. The molecule has 1 aromatic carbocycles. The zero-order chi connectivity index (χ0) is 13.1. The molecule has 6 nitrogen and oxygen atoms in total. The summed E-state index contributed by atoms with van der Waals surface area (Å²) < 4.78 is 0. The molecule has 1 heterocycles. The Bertz CT molecular complexity index is 695. The zero-order valence-corrected chi connectivity index (χ0v) is 9.73. The van der Waals surface area contributed by atoms with Gasteiger partial charge in [0.2, 0.25) is 0 Å². The first-order valence-electron chi connectivity index (χ1n) is 5.29. The minimum absolute atomic E-state index is 0.00447. The highest BCUT2D eigenvalue weighted by Gasteiger charge is 2.03. The standard InChI is InChI=1S/C12H12N4O2/c1-7-2-4-8(5-3-7)6-14-9-10(13)15-12(18)16-11(9)17/h2-6H,1H3,(H4,13,15,16,17,18). The van der Waals surface area contributed by atoms with Crippen LogP contribution in [0, 0.1) is 6.92 Å². The third-order valence-electron chi connectivity index (χ3n) is 2.37. The van der Waals surface area contributed by atoms with Gasteiger partial charge in [0.1, 0.15) is 5.82 Å². The number of nitrogens with two attached hydrogens (primary N) is 1. The maximum absolute atomic E-state index is 11.5. The molecule has 1 aromatic heterocycles. The van der Waals surface area contributed by atoms with Gasteiger partial charge in [0, 0.05) is 6.21 Å². The molecule has 18 heavy (non-hydrogen) atoms. The number of aryl methyl sites for hydroxylation is 1. The van der Waals surface area contributed by atoms with Crippen LogP contribution in [0.3, 0.4) is 0 Å². The Labute approximate surface area is 102 Å². The van der Waals surface area contributed by atoms with Gasteiger partial charge in [-0.05, 0) is 12.5 Å². The predicted molar refractivity (Wildman–Crippen MR) is 70.5 cm³/mol. The summed E-state index contributed by atoms with van der Waals surface area (Å²) >= 11 is 0. The zero-order valence-electron chi connectivity index (χ0n) is 9.73. The molecule has 2 aromatic rings. The smallest absolute Gasteiger partial charge is 0.327 e. The number of rotatable bonds is 2. The Kier molecular flexibility index (Phi) is 3.09. The largest absolute Gasteiger partial charge is 0.383 e. The number of aliphatic imine (C=N–C) groups is 1. The van der Waals surface area contributed by atoms with Gasteiger partial charge in [0.05, 0.1) is 0 Å². The molecular formula is C12H12N4O2. The summed E-state index contributed by atoms with van der Waals surface area (Å²) in [5.74, 6) is -0.0490. The number of benzene rings is 1. The first kappa shape index (κ1) is 11.8. The highest BCUT2D eigenvalue weighted by molar-refractivity contribution is 5.83. The van der Waals surface area contributed by atoms with Crippen LogP contribution in [0.5, 0.6) is 0 Å². The number of hydrogen-bond donors (Lipinski definition) is 3. The monoisotopic (exact) mass is 244 g/mol. The molecule has 0 bridgehead atoms. The van der Waals surface area contributed by atoms with Crippen LogP contribution >= 0.6 is 0 Å². The van der Waals surface area contributed by atoms with Gasteiger partial charge < -0.3 is 5.73 Å². The number of nitrogens with one attached hydrogen (secondary N) is 2. The van der Waals surface area contributed by atoms with Crippen LogP contribution in [-0.2, 0) is 0 Å². The lowest BCUT2D eigenvalue weighted by molar-refractivity contribution is 1.04. The lowest BCUT2D eigenvalue weighted by Gasteiger charge is -1.98. The topological polar surface area (TPSA) is 104 Å². The maximum Gasteiger partial charge on any atom is 0.327 e. The van der Waals surface area contributed by atoms with Crippen molar-refractivity contribution < 1.29 is 0 Å². The van der Waals surface area contributed by atoms with Crippen LogP contribution < -0.4 is 17.0 Å². The van der Waals surface area contributed by atoms with Crippen LogP contribution in [0.15, 0.2) is 38.8 Å². The maximum atomic E-state index is 11.5. The summed E-state index contributed by atoms with van der Waals surface area (Å²) in [4.78, 5) is 30.7. The molecule has 0 spiro atoms. The first-order valence-corrected chi connectivity index (χ1v) is 5.29. The van der Waals surface area contributed by atoms with E-state index >= 15 is 0 Å². The molecule has 0 saturated heterocycles. The van der Waals surface area contributed by atoms with E-state index in [4.69, 9.17) is 5.73 Å². The molecular weight excluding hydrogens is 232 g/mol. The van der Waals surface area contributed by atoms with Gasteiger partial charge in [-0.3, -0.25) is 14.8 Å². The molecule has 0 fully saturated rings. The number of nitrogen functional groups attached to an aromatic ring is 1. The van der Waals surface area contributed by atoms with Crippen molar-refractivity contribution >= 4 is 17.7 Å². The van der Waals surface area contributed by atoms with E-state index in [2.05, 4.69) is 15.0 Å². The molecule has 0 aliphatic carbocycles. The minimum Gasteiger partial charge on any atom is -0.383 e. The van der Waals surface area contributed by atoms with Crippen molar-refractivity contribution in [2.24, 2.45) is 4.99 Å². The van der Waals surface area contributed by atoms with E-state index in [1.165, 1.54) is 6.21 Å². The van der Waals surface area contributed by atoms with Gasteiger partial charge >= 0.3 is 5.69 Å². The SMILES string of the molecule is Cc1ccc(C=Nc2c(N)[nH]c(=O)[nH]c2=O)cc1. The summed E-state index contributed by atoms with van der Waals surface area (Å²) in [6, 6.07) is 7.60. The second kappa shape index (κ2) is 4.70. The number of H-pyrrole nitrogens is 2. The first-order chi connectivity index (χ1) is 8.56. The van der Waals surface area contributed by atoms with Crippen molar-refractivity contribution in [1.82, 2.24) is 9.97 Å². The Hall–Kier alpha value is -2.63. The molecule has 0 aliphatic heterocycles. The van der Waals surface area contributed by atoms with Crippen LogP contribution in [0.2, 0.25) is 0 Å². The second-order valence-electron chi connectivity index (χ2n) is 3.84. The van der Waals surface area contributed by atoms with Gasteiger partial charge in [-0.2, -0.15) is 0 Å². The van der Waals surface area contributed by atoms with Gasteiger partial charge in [0.25, 0.3) is 5.56 Å². The number of aromatic nitrogens is 2. The molecule has 0 amide bonds.